The molecule has 1 aliphatic carbocycles. The van der Waals surface area contributed by atoms with Crippen LogP contribution in [0.15, 0.2) is 17.5 Å². The number of hydrogen-bond donors (Lipinski definition) is 0. The number of Topliss-reactive ketones (excluding diaryl/α,β-unsaturated/α-hetero) is 1. The molecule has 5 heteroatoms. The van der Waals surface area contributed by atoms with E-state index >= 15 is 0 Å². The van der Waals surface area contributed by atoms with E-state index in [1.807, 2.05) is 31.4 Å². The smallest absolute Gasteiger partial charge is 0.349 e. The van der Waals surface area contributed by atoms with E-state index in [-0.39, 0.29) is 18.4 Å². The molecule has 0 amide bonds. The van der Waals surface area contributed by atoms with Crippen LogP contribution in [0.2, 0.25) is 0 Å². The summed E-state index contributed by atoms with van der Waals surface area (Å²) < 4.78 is 5.21. The summed E-state index contributed by atoms with van der Waals surface area (Å²) in [5.41, 5.74) is 1.75. The third-order valence-electron chi connectivity index (χ3n) is 3.57. The van der Waals surface area contributed by atoms with E-state index in [1.165, 1.54) is 11.3 Å². The Bertz CT molecular complexity index is 692. The average molecular weight is 320 g/mol. The monoisotopic (exact) mass is 320 g/mol. The van der Waals surface area contributed by atoms with Gasteiger partial charge in [0.15, 0.2) is 6.61 Å². The van der Waals surface area contributed by atoms with Crippen molar-refractivity contribution in [3.63, 3.8) is 0 Å². The second-order valence-corrected chi connectivity index (χ2v) is 7.68. The van der Waals surface area contributed by atoms with Crippen molar-refractivity contribution in [2.75, 3.05) is 6.61 Å². The van der Waals surface area contributed by atoms with Crippen LogP contribution in [0, 0.1) is 13.8 Å². The Morgan fingerprint density at radius 1 is 1.33 bits per heavy atom. The lowest BCUT2D eigenvalue weighted by molar-refractivity contribution is 0.0478. The van der Waals surface area contributed by atoms with Gasteiger partial charge in [-0.25, -0.2) is 4.79 Å². The summed E-state index contributed by atoms with van der Waals surface area (Å²) >= 11 is 2.98. The summed E-state index contributed by atoms with van der Waals surface area (Å²) in [7, 11) is 0. The molecule has 0 aliphatic heterocycles. The zero-order valence-electron chi connectivity index (χ0n) is 12.0. The Morgan fingerprint density at radius 3 is 2.71 bits per heavy atom. The average Bonchev–Trinajstić information content (AvgIpc) is 3.07. The van der Waals surface area contributed by atoms with E-state index in [2.05, 4.69) is 0 Å². The predicted octanol–water partition coefficient (Wildman–Crippen LogP) is 4.34. The summed E-state index contributed by atoms with van der Waals surface area (Å²) in [6.45, 7) is 3.70. The van der Waals surface area contributed by atoms with Crippen LogP contribution in [-0.4, -0.2) is 18.4 Å². The second kappa shape index (κ2) is 5.73. The maximum Gasteiger partial charge on any atom is 0.349 e. The molecule has 0 spiro atoms. The van der Waals surface area contributed by atoms with Gasteiger partial charge in [0.25, 0.3) is 0 Å². The Morgan fingerprint density at radius 2 is 2.10 bits per heavy atom. The van der Waals surface area contributed by atoms with Gasteiger partial charge in [0.05, 0.1) is 0 Å². The number of rotatable bonds is 5. The lowest BCUT2D eigenvalue weighted by Crippen LogP contribution is -2.14. The number of ether oxygens (including phenoxy) is 1. The highest BCUT2D eigenvalue weighted by molar-refractivity contribution is 7.12. The van der Waals surface area contributed by atoms with Crippen LogP contribution in [0.4, 0.5) is 0 Å². The van der Waals surface area contributed by atoms with E-state index in [1.54, 1.807) is 11.3 Å². The molecule has 0 bridgehead atoms. The van der Waals surface area contributed by atoms with Gasteiger partial charge in [-0.15, -0.1) is 22.7 Å². The highest BCUT2D eigenvalue weighted by Crippen LogP contribution is 2.43. The molecule has 110 valence electrons. The molecule has 3 nitrogen and oxygen atoms in total. The first kappa shape index (κ1) is 14.5. The highest BCUT2D eigenvalue weighted by atomic mass is 32.1. The molecule has 1 saturated carbocycles. The topological polar surface area (TPSA) is 43.4 Å². The van der Waals surface area contributed by atoms with Crippen molar-refractivity contribution in [1.29, 1.82) is 0 Å². The minimum Gasteiger partial charge on any atom is -0.453 e. The molecule has 0 N–H and O–H groups in total. The fourth-order valence-electron chi connectivity index (χ4n) is 2.38. The molecule has 2 aromatic rings. The van der Waals surface area contributed by atoms with Gasteiger partial charge in [-0.2, -0.15) is 0 Å². The van der Waals surface area contributed by atoms with Crippen molar-refractivity contribution in [1.82, 2.24) is 0 Å². The van der Waals surface area contributed by atoms with Crippen molar-refractivity contribution in [2.24, 2.45) is 0 Å². The van der Waals surface area contributed by atoms with E-state index < -0.39 is 0 Å². The maximum absolute atomic E-state index is 12.1. The number of carbonyl (C=O) groups excluding carboxylic acids is 2. The molecule has 1 fully saturated rings. The highest BCUT2D eigenvalue weighted by Gasteiger charge is 2.29. The Balaban J connectivity index is 1.64. The second-order valence-electron chi connectivity index (χ2n) is 5.31. The van der Waals surface area contributed by atoms with Gasteiger partial charge in [-0.05, 0) is 55.7 Å². The van der Waals surface area contributed by atoms with Gasteiger partial charge in [0.2, 0.25) is 5.78 Å². The molecule has 0 radical (unpaired) electrons. The number of esters is 1. The lowest BCUT2D eigenvalue weighted by Gasteiger charge is -2.04. The van der Waals surface area contributed by atoms with Crippen LogP contribution in [0.3, 0.4) is 0 Å². The molecule has 21 heavy (non-hydrogen) atoms. The van der Waals surface area contributed by atoms with E-state index in [9.17, 15) is 9.59 Å². The van der Waals surface area contributed by atoms with Crippen molar-refractivity contribution in [3.05, 3.63) is 43.3 Å². The lowest BCUT2D eigenvalue weighted by atomic mass is 10.1. The molecule has 3 rings (SSSR count). The Labute approximate surface area is 131 Å². The summed E-state index contributed by atoms with van der Waals surface area (Å²) in [5, 5.41) is 1.92. The standard InChI is InChI=1S/C16H16O3S2/c1-9-7-13(10(2)21-9)14(17)8-19-16(18)15-12(5-6-20-15)11-3-4-11/h5-7,11H,3-4,8H2,1-2H3. The van der Waals surface area contributed by atoms with Gasteiger partial charge in [-0.3, -0.25) is 4.79 Å². The van der Waals surface area contributed by atoms with Crippen molar-refractivity contribution in [2.45, 2.75) is 32.6 Å². The summed E-state index contributed by atoms with van der Waals surface area (Å²) in [6.07, 6.45) is 2.28. The van der Waals surface area contributed by atoms with Crippen LogP contribution in [-0.2, 0) is 4.74 Å². The largest absolute Gasteiger partial charge is 0.453 e. The van der Waals surface area contributed by atoms with Crippen LogP contribution in [0.5, 0.6) is 0 Å². The van der Waals surface area contributed by atoms with E-state index in [4.69, 9.17) is 4.74 Å². The normalized spacial score (nSPS) is 14.2. The van der Waals surface area contributed by atoms with Crippen molar-refractivity contribution >= 4 is 34.4 Å². The molecular weight excluding hydrogens is 304 g/mol. The fraction of sp³-hybridized carbons (Fsp3) is 0.375. The first-order valence-electron chi connectivity index (χ1n) is 6.91. The zero-order valence-corrected chi connectivity index (χ0v) is 13.6. The maximum atomic E-state index is 12.1. The van der Waals surface area contributed by atoms with E-state index in [0.29, 0.717) is 16.4 Å². The van der Waals surface area contributed by atoms with Crippen LogP contribution in [0.1, 0.15) is 54.1 Å². The van der Waals surface area contributed by atoms with Crippen LogP contribution >= 0.6 is 22.7 Å². The van der Waals surface area contributed by atoms with Gasteiger partial charge in [0.1, 0.15) is 4.88 Å². The van der Waals surface area contributed by atoms with Gasteiger partial charge >= 0.3 is 5.97 Å². The SMILES string of the molecule is Cc1cc(C(=O)COC(=O)c2sccc2C2CC2)c(C)s1. The molecule has 2 aromatic heterocycles. The van der Waals surface area contributed by atoms with E-state index in [0.717, 1.165) is 28.2 Å². The number of carbonyl (C=O) groups is 2. The molecule has 0 unspecified atom stereocenters. The van der Waals surface area contributed by atoms with Crippen LogP contribution < -0.4 is 0 Å². The van der Waals surface area contributed by atoms with Crippen molar-refractivity contribution < 1.29 is 14.3 Å². The third kappa shape index (κ3) is 3.09. The first-order chi connectivity index (χ1) is 10.1. The molecule has 2 heterocycles. The van der Waals surface area contributed by atoms with Gasteiger partial charge in [0, 0.05) is 15.3 Å². The van der Waals surface area contributed by atoms with Crippen LogP contribution in [0.25, 0.3) is 0 Å². The number of aryl methyl sites for hydroxylation is 2. The molecular formula is C16H16O3S2. The Kier molecular flexibility index (Phi) is 3.95. The molecule has 1 aliphatic rings. The van der Waals surface area contributed by atoms with Gasteiger partial charge in [-0.1, -0.05) is 0 Å². The zero-order chi connectivity index (χ0) is 15.0. The third-order valence-corrected chi connectivity index (χ3v) is 5.45. The summed E-state index contributed by atoms with van der Waals surface area (Å²) in [4.78, 5) is 27.0. The Hall–Kier alpha value is -1.46. The summed E-state index contributed by atoms with van der Waals surface area (Å²) in [5.74, 6) is 0.0100. The number of ketones is 1. The van der Waals surface area contributed by atoms with Crippen molar-refractivity contribution in [3.8, 4) is 0 Å². The summed E-state index contributed by atoms with van der Waals surface area (Å²) in [6, 6.07) is 3.85. The first-order valence-corrected chi connectivity index (χ1v) is 8.60. The predicted molar refractivity (Wildman–Crippen MR) is 84.7 cm³/mol. The van der Waals surface area contributed by atoms with Gasteiger partial charge < -0.3 is 4.74 Å². The number of hydrogen-bond acceptors (Lipinski definition) is 5. The molecule has 0 saturated heterocycles. The number of thiophene rings is 2. The quantitative estimate of drug-likeness (QED) is 0.608. The minimum atomic E-state index is -0.371. The fourth-order valence-corrected chi connectivity index (χ4v) is 4.20. The molecule has 0 atom stereocenters. The minimum absolute atomic E-state index is 0.130. The molecule has 0 aromatic carbocycles.